The van der Waals surface area contributed by atoms with Crippen LogP contribution in [0, 0.1) is 6.92 Å². The van der Waals surface area contributed by atoms with Gasteiger partial charge in [-0.2, -0.15) is 0 Å². The van der Waals surface area contributed by atoms with E-state index in [1.165, 1.54) is 6.07 Å². The number of nitrogens with one attached hydrogen (secondary N) is 1. The average Bonchev–Trinajstić information content (AvgIpc) is 2.36. The van der Waals surface area contributed by atoms with Gasteiger partial charge in [0.05, 0.1) is 6.33 Å². The highest BCUT2D eigenvalue weighted by atomic mass is 16.5. The van der Waals surface area contributed by atoms with Crippen molar-refractivity contribution in [1.29, 1.82) is 0 Å². The largest absolute Gasteiger partial charge is 0.478 e. The smallest absolute Gasteiger partial charge is 0.339 e. The normalized spacial score (nSPS) is 10.2. The zero-order chi connectivity index (χ0) is 14.0. The number of H-pyrrole nitrogens is 1. The minimum absolute atomic E-state index is 0.0264. The number of para-hydroxylation sites is 1. The van der Waals surface area contributed by atoms with Gasteiger partial charge in [-0.15, -0.1) is 0 Å². The van der Waals surface area contributed by atoms with Crippen molar-refractivity contribution in [2.45, 2.75) is 6.92 Å². The lowest BCUT2D eigenvalue weighted by Crippen LogP contribution is -2.14. The van der Waals surface area contributed by atoms with Crippen molar-refractivity contribution in [1.82, 2.24) is 9.97 Å². The van der Waals surface area contributed by atoms with Crippen LogP contribution in [0.15, 0.2) is 29.3 Å². The molecule has 0 aliphatic heterocycles. The molecule has 98 valence electrons. The number of rotatable bonds is 3. The van der Waals surface area contributed by atoms with Crippen molar-refractivity contribution in [3.05, 3.63) is 46.0 Å². The molecule has 0 saturated heterocycles. The van der Waals surface area contributed by atoms with E-state index in [1.807, 2.05) is 0 Å². The molecule has 0 radical (unpaired) electrons. The number of aromatic nitrogens is 2. The Labute approximate surface area is 107 Å². The molecular formula is C12H11N3O4. The topological polar surface area (TPSA) is 118 Å². The lowest BCUT2D eigenvalue weighted by molar-refractivity contribution is 0.0694. The Morgan fingerprint density at radius 3 is 2.89 bits per heavy atom. The average molecular weight is 261 g/mol. The first-order chi connectivity index (χ1) is 9.00. The SMILES string of the molecule is Cc1cccc(C(=O)O)c1Oc1nc[nH]c(=O)c1N. The van der Waals surface area contributed by atoms with Gasteiger partial charge in [0.15, 0.2) is 5.69 Å². The first-order valence-electron chi connectivity index (χ1n) is 5.34. The number of hydrogen-bond acceptors (Lipinski definition) is 5. The van der Waals surface area contributed by atoms with Crippen LogP contribution in [0.2, 0.25) is 0 Å². The van der Waals surface area contributed by atoms with Crippen LogP contribution in [0.1, 0.15) is 15.9 Å². The van der Waals surface area contributed by atoms with Gasteiger partial charge in [0.25, 0.3) is 5.56 Å². The predicted molar refractivity (Wildman–Crippen MR) is 67.5 cm³/mol. The van der Waals surface area contributed by atoms with Crippen molar-refractivity contribution in [2.75, 3.05) is 5.73 Å². The van der Waals surface area contributed by atoms with E-state index in [4.69, 9.17) is 15.6 Å². The molecule has 0 unspecified atom stereocenters. The number of nitrogen functional groups attached to an aromatic ring is 1. The predicted octanol–water partition coefficient (Wildman–Crippen LogP) is 1.15. The van der Waals surface area contributed by atoms with E-state index in [0.717, 1.165) is 6.33 Å². The fourth-order valence-electron chi connectivity index (χ4n) is 1.53. The third kappa shape index (κ3) is 2.39. The molecule has 7 nitrogen and oxygen atoms in total. The van der Waals surface area contributed by atoms with Gasteiger partial charge in [-0.3, -0.25) is 4.79 Å². The molecule has 0 amide bonds. The fraction of sp³-hybridized carbons (Fsp3) is 0.0833. The number of nitrogens with zero attached hydrogens (tertiary/aromatic N) is 1. The fourth-order valence-corrected chi connectivity index (χ4v) is 1.53. The van der Waals surface area contributed by atoms with E-state index in [0.29, 0.717) is 5.56 Å². The lowest BCUT2D eigenvalue weighted by Gasteiger charge is -2.11. The molecule has 0 aliphatic rings. The van der Waals surface area contributed by atoms with Crippen LogP contribution in [0.4, 0.5) is 5.69 Å². The standard InChI is InChI=1S/C12H11N3O4/c1-6-3-2-4-7(12(17)18)9(6)19-11-8(13)10(16)14-5-15-11/h2-5H,13H2,1H3,(H,17,18)(H,14,15,16). The minimum Gasteiger partial charge on any atom is -0.478 e. The molecule has 1 aromatic carbocycles. The summed E-state index contributed by atoms with van der Waals surface area (Å²) in [6.07, 6.45) is 1.13. The van der Waals surface area contributed by atoms with E-state index in [1.54, 1.807) is 19.1 Å². The van der Waals surface area contributed by atoms with Crippen LogP contribution < -0.4 is 16.0 Å². The molecule has 0 saturated carbocycles. The summed E-state index contributed by atoms with van der Waals surface area (Å²) in [7, 11) is 0. The van der Waals surface area contributed by atoms with E-state index < -0.39 is 11.5 Å². The Bertz CT molecular complexity index is 694. The zero-order valence-electron chi connectivity index (χ0n) is 10.0. The number of carboxylic acid groups (broad SMARTS) is 1. The molecule has 0 aliphatic carbocycles. The Morgan fingerprint density at radius 1 is 1.47 bits per heavy atom. The van der Waals surface area contributed by atoms with Crippen molar-refractivity contribution < 1.29 is 14.6 Å². The number of anilines is 1. The lowest BCUT2D eigenvalue weighted by atomic mass is 10.1. The third-order valence-corrected chi connectivity index (χ3v) is 2.49. The Balaban J connectivity index is 2.52. The number of carbonyl (C=O) groups is 1. The number of hydrogen-bond donors (Lipinski definition) is 3. The number of aryl methyl sites for hydroxylation is 1. The second kappa shape index (κ2) is 4.81. The first kappa shape index (κ1) is 12.6. The van der Waals surface area contributed by atoms with Gasteiger partial charge in [0, 0.05) is 0 Å². The third-order valence-electron chi connectivity index (χ3n) is 2.49. The van der Waals surface area contributed by atoms with Gasteiger partial charge in [-0.1, -0.05) is 12.1 Å². The Hall–Kier alpha value is -2.83. The molecule has 0 bridgehead atoms. The summed E-state index contributed by atoms with van der Waals surface area (Å²) in [5.74, 6) is -1.15. The summed E-state index contributed by atoms with van der Waals surface area (Å²) >= 11 is 0. The van der Waals surface area contributed by atoms with Crippen LogP contribution in [0.5, 0.6) is 11.6 Å². The van der Waals surface area contributed by atoms with Crippen molar-refractivity contribution in [3.63, 3.8) is 0 Å². The molecule has 19 heavy (non-hydrogen) atoms. The highest BCUT2D eigenvalue weighted by Gasteiger charge is 2.16. The number of nitrogens with two attached hydrogens (primary N) is 1. The van der Waals surface area contributed by atoms with Crippen LogP contribution >= 0.6 is 0 Å². The summed E-state index contributed by atoms with van der Waals surface area (Å²) in [5.41, 5.74) is 5.35. The van der Waals surface area contributed by atoms with Crippen molar-refractivity contribution in [3.8, 4) is 11.6 Å². The summed E-state index contributed by atoms with van der Waals surface area (Å²) in [6.45, 7) is 1.69. The van der Waals surface area contributed by atoms with Crippen LogP contribution in [0.3, 0.4) is 0 Å². The molecule has 0 spiro atoms. The number of aromatic amines is 1. The maximum absolute atomic E-state index is 11.3. The molecular weight excluding hydrogens is 250 g/mol. The summed E-state index contributed by atoms with van der Waals surface area (Å²) in [4.78, 5) is 28.5. The van der Waals surface area contributed by atoms with Gasteiger partial charge >= 0.3 is 5.97 Å². The number of benzene rings is 1. The minimum atomic E-state index is -1.14. The van der Waals surface area contributed by atoms with Crippen LogP contribution in [-0.4, -0.2) is 21.0 Å². The molecule has 1 aromatic heterocycles. The van der Waals surface area contributed by atoms with Gasteiger partial charge in [-0.25, -0.2) is 9.78 Å². The molecule has 4 N–H and O–H groups in total. The zero-order valence-corrected chi connectivity index (χ0v) is 10.0. The van der Waals surface area contributed by atoms with Gasteiger partial charge in [-0.05, 0) is 18.6 Å². The number of carboxylic acids is 1. The van der Waals surface area contributed by atoms with Crippen LogP contribution in [0.25, 0.3) is 0 Å². The second-order valence-corrected chi connectivity index (χ2v) is 3.81. The number of ether oxygens (including phenoxy) is 1. The maximum Gasteiger partial charge on any atom is 0.339 e. The molecule has 1 heterocycles. The Morgan fingerprint density at radius 2 is 2.21 bits per heavy atom. The van der Waals surface area contributed by atoms with Gasteiger partial charge in [0.1, 0.15) is 11.3 Å². The molecule has 2 rings (SSSR count). The first-order valence-corrected chi connectivity index (χ1v) is 5.34. The van der Waals surface area contributed by atoms with E-state index >= 15 is 0 Å². The van der Waals surface area contributed by atoms with Gasteiger partial charge in [0.2, 0.25) is 5.88 Å². The highest BCUT2D eigenvalue weighted by Crippen LogP contribution is 2.29. The second-order valence-electron chi connectivity index (χ2n) is 3.81. The molecule has 2 aromatic rings. The molecule has 7 heteroatoms. The van der Waals surface area contributed by atoms with Crippen molar-refractivity contribution in [2.24, 2.45) is 0 Å². The summed E-state index contributed by atoms with van der Waals surface area (Å²) in [6, 6.07) is 4.68. The summed E-state index contributed by atoms with van der Waals surface area (Å²) in [5, 5.41) is 9.09. The highest BCUT2D eigenvalue weighted by molar-refractivity contribution is 5.91. The molecule has 0 fully saturated rings. The van der Waals surface area contributed by atoms with Crippen molar-refractivity contribution >= 4 is 11.7 Å². The van der Waals surface area contributed by atoms with E-state index in [9.17, 15) is 9.59 Å². The molecule has 0 atom stereocenters. The van der Waals surface area contributed by atoms with E-state index in [-0.39, 0.29) is 22.9 Å². The summed E-state index contributed by atoms with van der Waals surface area (Å²) < 4.78 is 5.38. The Kier molecular flexibility index (Phi) is 3.19. The van der Waals surface area contributed by atoms with E-state index in [2.05, 4.69) is 9.97 Å². The maximum atomic E-state index is 11.3. The quantitative estimate of drug-likeness (QED) is 0.762. The van der Waals surface area contributed by atoms with Gasteiger partial charge < -0.3 is 20.6 Å². The number of aromatic carboxylic acids is 1. The van der Waals surface area contributed by atoms with Crippen LogP contribution in [-0.2, 0) is 0 Å². The monoisotopic (exact) mass is 261 g/mol.